The molecule has 1 saturated heterocycles. The lowest BCUT2D eigenvalue weighted by atomic mass is 10.3. The van der Waals surface area contributed by atoms with Crippen LogP contribution in [0.3, 0.4) is 0 Å². The van der Waals surface area contributed by atoms with Gasteiger partial charge in [-0.1, -0.05) is 0 Å². The summed E-state index contributed by atoms with van der Waals surface area (Å²) in [6.45, 7) is 7.28. The van der Waals surface area contributed by atoms with Gasteiger partial charge in [0.15, 0.2) is 0 Å². The number of hydrogen-bond acceptors (Lipinski definition) is 6. The van der Waals surface area contributed by atoms with Crippen LogP contribution in [0.2, 0.25) is 0 Å². The number of nitrogens with zero attached hydrogens (tertiary/aromatic N) is 3. The average molecular weight is 279 g/mol. The molecule has 0 atom stereocenters. The number of amides is 1. The van der Waals surface area contributed by atoms with E-state index < -0.39 is 0 Å². The molecule has 0 bridgehead atoms. The van der Waals surface area contributed by atoms with Crippen molar-refractivity contribution in [1.82, 2.24) is 20.2 Å². The summed E-state index contributed by atoms with van der Waals surface area (Å²) in [5, 5.41) is 6.21. The average Bonchev–Trinajstić information content (AvgIpc) is 2.45. The molecule has 0 unspecified atom stereocenters. The summed E-state index contributed by atoms with van der Waals surface area (Å²) in [5.74, 6) is 1.08. The van der Waals surface area contributed by atoms with E-state index in [4.69, 9.17) is 4.74 Å². The van der Waals surface area contributed by atoms with Crippen LogP contribution in [0, 0.1) is 0 Å². The fourth-order valence-corrected chi connectivity index (χ4v) is 1.92. The summed E-state index contributed by atoms with van der Waals surface area (Å²) in [5.41, 5.74) is 0. The Labute approximate surface area is 118 Å². The lowest BCUT2D eigenvalue weighted by molar-refractivity contribution is -0.129. The number of rotatable bonds is 5. The molecule has 0 radical (unpaired) electrons. The normalized spacial score (nSPS) is 15.2. The van der Waals surface area contributed by atoms with Gasteiger partial charge in [0.2, 0.25) is 11.8 Å². The molecule has 1 amide bonds. The lowest BCUT2D eigenvalue weighted by Gasteiger charge is -2.27. The molecule has 20 heavy (non-hydrogen) atoms. The van der Waals surface area contributed by atoms with Crippen molar-refractivity contribution in [3.05, 3.63) is 12.4 Å². The Morgan fingerprint density at radius 3 is 2.90 bits per heavy atom. The standard InChI is InChI=1S/C13H21N5O2/c1-10(2)20-12-8-15-7-11(17-12)16-9-13(19)18-5-3-14-4-6-18/h7-8,10,14H,3-6,9H2,1-2H3,(H,16,17). The topological polar surface area (TPSA) is 79.4 Å². The van der Waals surface area contributed by atoms with Gasteiger partial charge in [0, 0.05) is 26.2 Å². The zero-order chi connectivity index (χ0) is 14.4. The number of anilines is 1. The molecule has 0 saturated carbocycles. The smallest absolute Gasteiger partial charge is 0.242 e. The van der Waals surface area contributed by atoms with E-state index in [2.05, 4.69) is 20.6 Å². The Morgan fingerprint density at radius 2 is 2.20 bits per heavy atom. The number of carbonyl (C=O) groups excluding carboxylic acids is 1. The van der Waals surface area contributed by atoms with Crippen LogP contribution in [0.15, 0.2) is 12.4 Å². The number of nitrogens with one attached hydrogen (secondary N) is 2. The Hall–Kier alpha value is -1.89. The zero-order valence-electron chi connectivity index (χ0n) is 11.9. The Kier molecular flexibility index (Phi) is 5.11. The number of aromatic nitrogens is 2. The molecule has 7 heteroatoms. The molecule has 0 aromatic carbocycles. The molecule has 1 aromatic heterocycles. The third kappa shape index (κ3) is 4.34. The first-order valence-corrected chi connectivity index (χ1v) is 6.86. The third-order valence-corrected chi connectivity index (χ3v) is 2.86. The molecular formula is C13H21N5O2. The van der Waals surface area contributed by atoms with Crippen LogP contribution in [0.25, 0.3) is 0 Å². The van der Waals surface area contributed by atoms with Gasteiger partial charge in [0.25, 0.3) is 0 Å². The zero-order valence-corrected chi connectivity index (χ0v) is 11.9. The molecule has 1 aliphatic heterocycles. The molecular weight excluding hydrogens is 258 g/mol. The van der Waals surface area contributed by atoms with Gasteiger partial charge in [0.1, 0.15) is 5.82 Å². The maximum absolute atomic E-state index is 12.0. The van der Waals surface area contributed by atoms with E-state index in [0.717, 1.165) is 26.2 Å². The van der Waals surface area contributed by atoms with E-state index >= 15 is 0 Å². The van der Waals surface area contributed by atoms with Gasteiger partial charge in [-0.05, 0) is 13.8 Å². The van der Waals surface area contributed by atoms with E-state index in [1.165, 1.54) is 0 Å². The summed E-state index contributed by atoms with van der Waals surface area (Å²) in [6.07, 6.45) is 3.18. The van der Waals surface area contributed by atoms with Crippen LogP contribution in [-0.4, -0.2) is 59.6 Å². The van der Waals surface area contributed by atoms with Crippen LogP contribution < -0.4 is 15.4 Å². The first kappa shape index (κ1) is 14.5. The van der Waals surface area contributed by atoms with Gasteiger partial charge < -0.3 is 20.3 Å². The van der Waals surface area contributed by atoms with E-state index in [-0.39, 0.29) is 18.6 Å². The van der Waals surface area contributed by atoms with Gasteiger partial charge in [-0.25, -0.2) is 0 Å². The molecule has 1 fully saturated rings. The molecule has 0 spiro atoms. The molecule has 1 aliphatic rings. The fraction of sp³-hybridized carbons (Fsp3) is 0.615. The second kappa shape index (κ2) is 7.04. The summed E-state index contributed by atoms with van der Waals surface area (Å²) in [4.78, 5) is 22.1. The summed E-state index contributed by atoms with van der Waals surface area (Å²) in [7, 11) is 0. The van der Waals surface area contributed by atoms with Crippen LogP contribution in [0.5, 0.6) is 5.88 Å². The first-order valence-electron chi connectivity index (χ1n) is 6.86. The quantitative estimate of drug-likeness (QED) is 0.796. The van der Waals surface area contributed by atoms with E-state index in [1.54, 1.807) is 12.4 Å². The fourth-order valence-electron chi connectivity index (χ4n) is 1.92. The van der Waals surface area contributed by atoms with Crippen molar-refractivity contribution in [2.24, 2.45) is 0 Å². The van der Waals surface area contributed by atoms with Gasteiger partial charge in [-0.15, -0.1) is 0 Å². The highest BCUT2D eigenvalue weighted by molar-refractivity contribution is 5.80. The van der Waals surface area contributed by atoms with E-state index in [9.17, 15) is 4.79 Å². The van der Waals surface area contributed by atoms with Gasteiger partial charge in [0.05, 0.1) is 25.0 Å². The van der Waals surface area contributed by atoms with Crippen molar-refractivity contribution in [3.8, 4) is 5.88 Å². The highest BCUT2D eigenvalue weighted by atomic mass is 16.5. The van der Waals surface area contributed by atoms with Crippen molar-refractivity contribution >= 4 is 11.7 Å². The number of carbonyl (C=O) groups is 1. The van der Waals surface area contributed by atoms with Gasteiger partial charge in [-0.2, -0.15) is 4.98 Å². The SMILES string of the molecule is CC(C)Oc1cncc(NCC(=O)N2CCNCC2)n1. The van der Waals surface area contributed by atoms with Gasteiger partial charge in [-0.3, -0.25) is 9.78 Å². The number of ether oxygens (including phenoxy) is 1. The molecule has 1 aromatic rings. The maximum Gasteiger partial charge on any atom is 0.242 e. The van der Waals surface area contributed by atoms with Crippen molar-refractivity contribution in [2.45, 2.75) is 20.0 Å². The van der Waals surface area contributed by atoms with Crippen molar-refractivity contribution in [3.63, 3.8) is 0 Å². The monoisotopic (exact) mass is 279 g/mol. The van der Waals surface area contributed by atoms with Crippen LogP contribution in [0.1, 0.15) is 13.8 Å². The highest BCUT2D eigenvalue weighted by Gasteiger charge is 2.15. The second-order valence-corrected chi connectivity index (χ2v) is 4.89. The van der Waals surface area contributed by atoms with Crippen LogP contribution >= 0.6 is 0 Å². The second-order valence-electron chi connectivity index (χ2n) is 4.89. The van der Waals surface area contributed by atoms with E-state index in [1.807, 2.05) is 18.7 Å². The largest absolute Gasteiger partial charge is 0.474 e. The predicted molar refractivity (Wildman–Crippen MR) is 75.7 cm³/mol. The molecule has 110 valence electrons. The van der Waals surface area contributed by atoms with E-state index in [0.29, 0.717) is 11.7 Å². The minimum absolute atomic E-state index is 0.0435. The summed E-state index contributed by atoms with van der Waals surface area (Å²) < 4.78 is 5.46. The predicted octanol–water partition coefficient (Wildman–Crippen LogP) is 0.108. The Balaban J connectivity index is 1.85. The van der Waals surface area contributed by atoms with Crippen molar-refractivity contribution in [1.29, 1.82) is 0 Å². The summed E-state index contributed by atoms with van der Waals surface area (Å²) >= 11 is 0. The summed E-state index contributed by atoms with van der Waals surface area (Å²) in [6, 6.07) is 0. The Morgan fingerprint density at radius 1 is 1.45 bits per heavy atom. The minimum atomic E-state index is 0.0435. The van der Waals surface area contributed by atoms with Gasteiger partial charge >= 0.3 is 0 Å². The van der Waals surface area contributed by atoms with Crippen LogP contribution in [0.4, 0.5) is 5.82 Å². The lowest BCUT2D eigenvalue weighted by Crippen LogP contribution is -2.48. The minimum Gasteiger partial charge on any atom is -0.474 e. The third-order valence-electron chi connectivity index (χ3n) is 2.86. The number of piperazine rings is 1. The molecule has 2 rings (SSSR count). The molecule has 2 N–H and O–H groups in total. The Bertz CT molecular complexity index is 446. The van der Waals surface area contributed by atoms with Crippen LogP contribution in [-0.2, 0) is 4.79 Å². The molecule has 2 heterocycles. The molecule has 7 nitrogen and oxygen atoms in total. The highest BCUT2D eigenvalue weighted by Crippen LogP contribution is 2.10. The molecule has 0 aliphatic carbocycles. The maximum atomic E-state index is 12.0. The number of hydrogen-bond donors (Lipinski definition) is 2. The first-order chi connectivity index (χ1) is 9.65. The van der Waals surface area contributed by atoms with Crippen molar-refractivity contribution in [2.75, 3.05) is 38.0 Å². The van der Waals surface area contributed by atoms with Crippen molar-refractivity contribution < 1.29 is 9.53 Å².